The predicted octanol–water partition coefficient (Wildman–Crippen LogP) is 12.5. The summed E-state index contributed by atoms with van der Waals surface area (Å²) in [5.74, 6) is 0.649. The number of halogens is 7. The van der Waals surface area contributed by atoms with Gasteiger partial charge in [-0.1, -0.05) is 54.9 Å². The molecule has 72 heavy (non-hydrogen) atoms. The number of amides is 1. The minimum Gasteiger partial charge on any atom is -0.406 e. The largest absolute Gasteiger partial charge is 0.573 e. The molecule has 0 aliphatic carbocycles. The standard InChI is InChI=1S/C29H28ClF3N4O2.C25H22F3N5/c1-2-25-27(37-18-22(30)7-12-26(37)35-25)28(38)34-17-19-3-8-23(9-4-19)36-15-13-21(14-16-36)20-5-10-24(11-6-20)39-29(31,32)33;26-25(27,28)18-5-9-20(10-6-18)32-13-15-33(16-14-32)21-11-7-19(8-12-21)31-24-22-3-1-2-4-23(22)29-17-30-24/h3-12,18,21H,2,13-17H2,1H3,(H,34,38);1-12,17H,13-16H2,(H,29,30,31). The number of pyridine rings is 1. The van der Waals surface area contributed by atoms with Crippen LogP contribution in [0.3, 0.4) is 0 Å². The van der Waals surface area contributed by atoms with Gasteiger partial charge in [-0.05, 0) is 133 Å². The topological polar surface area (TPSA) is 103 Å². The average molecular weight is 1010 g/mol. The van der Waals surface area contributed by atoms with Gasteiger partial charge in [-0.25, -0.2) is 15.0 Å². The Morgan fingerprint density at radius 1 is 0.708 bits per heavy atom. The van der Waals surface area contributed by atoms with Crippen molar-refractivity contribution in [2.45, 2.75) is 51.2 Å². The quantitative estimate of drug-likeness (QED) is 0.123. The van der Waals surface area contributed by atoms with E-state index in [1.165, 1.54) is 12.1 Å². The molecule has 2 N–H and O–H groups in total. The number of hydrogen-bond donors (Lipinski definition) is 2. The van der Waals surface area contributed by atoms with Crippen LogP contribution in [0.1, 0.15) is 58.6 Å². The van der Waals surface area contributed by atoms with E-state index in [-0.39, 0.29) is 17.6 Å². The lowest BCUT2D eigenvalue weighted by molar-refractivity contribution is -0.274. The van der Waals surface area contributed by atoms with Crippen molar-refractivity contribution in [1.29, 1.82) is 0 Å². The molecule has 2 saturated heterocycles. The van der Waals surface area contributed by atoms with E-state index in [2.05, 4.69) is 69.3 Å². The van der Waals surface area contributed by atoms with Crippen LogP contribution in [0, 0.1) is 0 Å². The highest BCUT2D eigenvalue weighted by Gasteiger charge is 2.32. The molecule has 5 heterocycles. The fourth-order valence-corrected chi connectivity index (χ4v) is 9.30. The first-order valence-corrected chi connectivity index (χ1v) is 23.9. The van der Waals surface area contributed by atoms with E-state index in [1.54, 1.807) is 53.3 Å². The van der Waals surface area contributed by atoms with Crippen LogP contribution in [-0.2, 0) is 19.1 Å². The molecule has 3 aromatic heterocycles. The van der Waals surface area contributed by atoms with Crippen molar-refractivity contribution in [2.24, 2.45) is 0 Å². The van der Waals surface area contributed by atoms with E-state index in [0.717, 1.165) is 121 Å². The van der Waals surface area contributed by atoms with Gasteiger partial charge in [-0.3, -0.25) is 9.20 Å². The van der Waals surface area contributed by atoms with Crippen molar-refractivity contribution in [1.82, 2.24) is 24.7 Å². The molecule has 0 bridgehead atoms. The summed E-state index contributed by atoms with van der Waals surface area (Å²) in [4.78, 5) is 33.0. The molecule has 0 atom stereocenters. The second-order valence-corrected chi connectivity index (χ2v) is 17.9. The summed E-state index contributed by atoms with van der Waals surface area (Å²) < 4.78 is 81.3. The molecule has 5 aromatic carbocycles. The molecule has 0 saturated carbocycles. The van der Waals surface area contributed by atoms with E-state index < -0.39 is 18.1 Å². The number of nitrogens with zero attached hydrogens (tertiary/aromatic N) is 7. The van der Waals surface area contributed by atoms with Crippen molar-refractivity contribution in [2.75, 3.05) is 59.3 Å². The number of piperidine rings is 1. The molecular formula is C54H50ClF6N9O2. The fraction of sp³-hybridized carbons (Fsp3) is 0.259. The second kappa shape index (κ2) is 21.4. The van der Waals surface area contributed by atoms with Crippen LogP contribution in [0.5, 0.6) is 5.75 Å². The molecule has 372 valence electrons. The number of imidazole rings is 1. The third-order valence-corrected chi connectivity index (χ3v) is 13.1. The molecule has 18 heteroatoms. The van der Waals surface area contributed by atoms with Crippen LogP contribution in [-0.4, -0.2) is 70.9 Å². The maximum Gasteiger partial charge on any atom is 0.573 e. The van der Waals surface area contributed by atoms with Crippen molar-refractivity contribution in [3.63, 3.8) is 0 Å². The van der Waals surface area contributed by atoms with Crippen LogP contribution in [0.25, 0.3) is 16.6 Å². The van der Waals surface area contributed by atoms with Gasteiger partial charge in [0.05, 0.1) is 21.8 Å². The number of aryl methyl sites for hydroxylation is 1. The lowest BCUT2D eigenvalue weighted by atomic mass is 9.89. The molecule has 1 amide bonds. The highest BCUT2D eigenvalue weighted by molar-refractivity contribution is 6.30. The molecule has 2 aliphatic heterocycles. The van der Waals surface area contributed by atoms with Gasteiger partial charge in [-0.15, -0.1) is 13.2 Å². The maximum absolute atomic E-state index is 13.0. The van der Waals surface area contributed by atoms with E-state index in [4.69, 9.17) is 11.6 Å². The zero-order valence-corrected chi connectivity index (χ0v) is 39.9. The van der Waals surface area contributed by atoms with Gasteiger partial charge in [0.25, 0.3) is 5.91 Å². The Morgan fingerprint density at radius 2 is 1.31 bits per heavy atom. The number of fused-ring (bicyclic) bond motifs is 2. The average Bonchev–Trinajstić information content (AvgIpc) is 3.76. The third kappa shape index (κ3) is 12.0. The number of carbonyl (C=O) groups excluding carboxylic acids is 1. The number of carbonyl (C=O) groups is 1. The lowest BCUT2D eigenvalue weighted by Crippen LogP contribution is -2.46. The van der Waals surface area contributed by atoms with Crippen LogP contribution < -0.4 is 30.1 Å². The molecule has 11 nitrogen and oxygen atoms in total. The van der Waals surface area contributed by atoms with Crippen molar-refractivity contribution < 1.29 is 35.9 Å². The summed E-state index contributed by atoms with van der Waals surface area (Å²) in [6.07, 6.45) is -3.30. The lowest BCUT2D eigenvalue weighted by Gasteiger charge is -2.37. The highest BCUT2D eigenvalue weighted by atomic mass is 35.5. The van der Waals surface area contributed by atoms with Gasteiger partial charge in [-0.2, -0.15) is 13.2 Å². The Bertz CT molecular complexity index is 3090. The van der Waals surface area contributed by atoms with Crippen LogP contribution >= 0.6 is 11.6 Å². The Hall–Kier alpha value is -7.53. The molecule has 0 spiro atoms. The summed E-state index contributed by atoms with van der Waals surface area (Å²) in [5, 5.41) is 7.86. The van der Waals surface area contributed by atoms with Crippen LogP contribution in [0.4, 0.5) is 54.9 Å². The molecule has 0 unspecified atom stereocenters. The molecular weight excluding hydrogens is 956 g/mol. The number of anilines is 5. The first-order chi connectivity index (χ1) is 34.7. The molecule has 2 fully saturated rings. The number of aromatic nitrogens is 4. The smallest absolute Gasteiger partial charge is 0.406 e. The van der Waals surface area contributed by atoms with E-state index in [1.807, 2.05) is 55.5 Å². The Balaban J connectivity index is 0.000000180. The minimum atomic E-state index is -4.68. The van der Waals surface area contributed by atoms with Crippen LogP contribution in [0.2, 0.25) is 5.02 Å². The van der Waals surface area contributed by atoms with Gasteiger partial charge in [0.15, 0.2) is 0 Å². The maximum atomic E-state index is 13.0. The van der Waals surface area contributed by atoms with Crippen molar-refractivity contribution in [3.05, 3.63) is 179 Å². The van der Waals surface area contributed by atoms with Crippen molar-refractivity contribution >= 4 is 62.6 Å². The summed E-state index contributed by atoms with van der Waals surface area (Å²) in [6.45, 7) is 7.12. The summed E-state index contributed by atoms with van der Waals surface area (Å²) in [7, 11) is 0. The summed E-state index contributed by atoms with van der Waals surface area (Å²) in [5.41, 5.74) is 8.14. The van der Waals surface area contributed by atoms with E-state index in [0.29, 0.717) is 29.3 Å². The van der Waals surface area contributed by atoms with Crippen molar-refractivity contribution in [3.8, 4) is 5.75 Å². The normalized spacial score (nSPS) is 14.5. The molecule has 2 aliphatic rings. The molecule has 10 rings (SSSR count). The Kier molecular flexibility index (Phi) is 14.7. The van der Waals surface area contributed by atoms with E-state index >= 15 is 0 Å². The zero-order valence-electron chi connectivity index (χ0n) is 39.1. The monoisotopic (exact) mass is 1010 g/mol. The SMILES string of the molecule is CCc1nc2ccc(Cl)cn2c1C(=O)NCc1ccc(N2CCC(c3ccc(OC(F)(F)F)cc3)CC2)cc1.FC(F)(F)c1ccc(N2CCN(c3ccc(Nc4ncnc5ccccc45)cc3)CC2)cc1. The molecule has 8 aromatic rings. The number of alkyl halides is 6. The van der Waals surface area contributed by atoms with E-state index in [9.17, 15) is 31.1 Å². The second-order valence-electron chi connectivity index (χ2n) is 17.5. The molecule has 0 radical (unpaired) electrons. The first kappa shape index (κ1) is 49.5. The number of hydrogen-bond acceptors (Lipinski definition) is 9. The highest BCUT2D eigenvalue weighted by Crippen LogP contribution is 2.34. The first-order valence-electron chi connectivity index (χ1n) is 23.6. The number of para-hydroxylation sites is 1. The number of benzene rings is 5. The number of ether oxygens (including phenoxy) is 1. The van der Waals surface area contributed by atoms with Crippen LogP contribution in [0.15, 0.2) is 146 Å². The van der Waals surface area contributed by atoms with Gasteiger partial charge in [0.1, 0.15) is 29.2 Å². The summed E-state index contributed by atoms with van der Waals surface area (Å²) in [6, 6.07) is 39.3. The fourth-order valence-electron chi connectivity index (χ4n) is 9.14. The van der Waals surface area contributed by atoms with Gasteiger partial charge in [0.2, 0.25) is 0 Å². The summed E-state index contributed by atoms with van der Waals surface area (Å²) >= 11 is 6.14. The number of nitrogens with one attached hydrogen (secondary N) is 2. The Morgan fingerprint density at radius 3 is 1.92 bits per heavy atom. The van der Waals surface area contributed by atoms with Gasteiger partial charge < -0.3 is 30.1 Å². The van der Waals surface area contributed by atoms with Gasteiger partial charge >= 0.3 is 12.5 Å². The number of rotatable bonds is 11. The Labute approximate surface area is 417 Å². The third-order valence-electron chi connectivity index (χ3n) is 12.9. The zero-order chi connectivity index (χ0) is 50.4. The minimum absolute atomic E-state index is 0.200. The predicted molar refractivity (Wildman–Crippen MR) is 270 cm³/mol. The number of piperazine rings is 1. The van der Waals surface area contributed by atoms with Gasteiger partial charge in [0, 0.05) is 80.1 Å².